The minimum atomic E-state index is 0.0235. The Morgan fingerprint density at radius 1 is 1.29 bits per heavy atom. The first-order valence-electron chi connectivity index (χ1n) is 6.37. The van der Waals surface area contributed by atoms with Gasteiger partial charge in [-0.15, -0.1) is 0 Å². The second kappa shape index (κ2) is 7.27. The summed E-state index contributed by atoms with van der Waals surface area (Å²) in [6, 6.07) is 0.438. The average molecular weight is 241 g/mol. The normalized spacial score (nSPS) is 19.4. The van der Waals surface area contributed by atoms with Crippen molar-refractivity contribution >= 4 is 11.8 Å². The quantitative estimate of drug-likeness (QED) is 0.620. The lowest BCUT2D eigenvalue weighted by Crippen LogP contribution is -2.36. The molecule has 5 nitrogen and oxygen atoms in total. The second-order valence-corrected chi connectivity index (χ2v) is 4.83. The van der Waals surface area contributed by atoms with Gasteiger partial charge in [0.15, 0.2) is 0 Å². The molecule has 17 heavy (non-hydrogen) atoms. The number of rotatable bonds is 6. The van der Waals surface area contributed by atoms with E-state index in [2.05, 4.69) is 16.0 Å². The second-order valence-electron chi connectivity index (χ2n) is 4.83. The van der Waals surface area contributed by atoms with Crippen LogP contribution in [0.25, 0.3) is 0 Å². The highest BCUT2D eigenvalue weighted by Crippen LogP contribution is 2.00. The SMILES string of the molecule is CC(C)NC(=O)CCCC(=O)NC1CCNC1. The molecule has 1 fully saturated rings. The van der Waals surface area contributed by atoms with Gasteiger partial charge in [-0.3, -0.25) is 9.59 Å². The molecule has 0 aromatic carbocycles. The molecule has 0 aromatic heterocycles. The van der Waals surface area contributed by atoms with Gasteiger partial charge in [-0.2, -0.15) is 0 Å². The maximum atomic E-state index is 11.5. The Morgan fingerprint density at radius 2 is 2.00 bits per heavy atom. The van der Waals surface area contributed by atoms with Gasteiger partial charge in [0.05, 0.1) is 0 Å². The smallest absolute Gasteiger partial charge is 0.220 e. The third-order valence-corrected chi connectivity index (χ3v) is 2.68. The molecule has 1 rings (SSSR count). The van der Waals surface area contributed by atoms with Crippen LogP contribution in [0.5, 0.6) is 0 Å². The Hall–Kier alpha value is -1.10. The zero-order valence-corrected chi connectivity index (χ0v) is 10.7. The van der Waals surface area contributed by atoms with Crippen molar-refractivity contribution in [3.63, 3.8) is 0 Å². The monoisotopic (exact) mass is 241 g/mol. The molecular weight excluding hydrogens is 218 g/mol. The molecule has 1 heterocycles. The van der Waals surface area contributed by atoms with Crippen molar-refractivity contribution < 1.29 is 9.59 Å². The largest absolute Gasteiger partial charge is 0.354 e. The molecule has 0 bridgehead atoms. The minimum Gasteiger partial charge on any atom is -0.354 e. The fourth-order valence-electron chi connectivity index (χ4n) is 1.88. The van der Waals surface area contributed by atoms with Crippen LogP contribution in [-0.4, -0.2) is 37.0 Å². The van der Waals surface area contributed by atoms with E-state index in [9.17, 15) is 9.59 Å². The van der Waals surface area contributed by atoms with Gasteiger partial charge in [0.25, 0.3) is 0 Å². The van der Waals surface area contributed by atoms with Crippen LogP contribution in [0.4, 0.5) is 0 Å². The van der Waals surface area contributed by atoms with Crippen LogP contribution in [0, 0.1) is 0 Å². The van der Waals surface area contributed by atoms with Crippen LogP contribution in [0.1, 0.15) is 39.5 Å². The van der Waals surface area contributed by atoms with E-state index >= 15 is 0 Å². The summed E-state index contributed by atoms with van der Waals surface area (Å²) < 4.78 is 0. The molecule has 2 amide bonds. The number of carbonyl (C=O) groups is 2. The molecule has 1 aliphatic rings. The van der Waals surface area contributed by atoms with Gasteiger partial charge >= 0.3 is 0 Å². The Morgan fingerprint density at radius 3 is 2.59 bits per heavy atom. The summed E-state index contributed by atoms with van der Waals surface area (Å²) in [7, 11) is 0. The molecule has 1 saturated heterocycles. The molecule has 0 aromatic rings. The molecule has 0 radical (unpaired) electrons. The lowest BCUT2D eigenvalue weighted by atomic mass is 10.2. The third-order valence-electron chi connectivity index (χ3n) is 2.68. The summed E-state index contributed by atoms with van der Waals surface area (Å²) in [6.07, 6.45) is 2.47. The summed E-state index contributed by atoms with van der Waals surface area (Å²) in [5, 5.41) is 8.96. The van der Waals surface area contributed by atoms with E-state index in [0.717, 1.165) is 19.5 Å². The zero-order valence-electron chi connectivity index (χ0n) is 10.7. The zero-order chi connectivity index (χ0) is 12.7. The molecule has 1 atom stereocenters. The van der Waals surface area contributed by atoms with Gasteiger partial charge in [-0.25, -0.2) is 0 Å². The Bertz CT molecular complexity index is 260. The summed E-state index contributed by atoms with van der Waals surface area (Å²) in [5.74, 6) is 0.0754. The van der Waals surface area contributed by atoms with Gasteiger partial charge < -0.3 is 16.0 Å². The fraction of sp³-hybridized carbons (Fsp3) is 0.833. The van der Waals surface area contributed by atoms with Crippen molar-refractivity contribution in [2.45, 2.75) is 51.6 Å². The van der Waals surface area contributed by atoms with E-state index in [1.54, 1.807) is 0 Å². The van der Waals surface area contributed by atoms with Gasteiger partial charge in [0.1, 0.15) is 0 Å². The van der Waals surface area contributed by atoms with Crippen LogP contribution in [0.15, 0.2) is 0 Å². The lowest BCUT2D eigenvalue weighted by molar-refractivity contribution is -0.122. The number of hydrogen-bond donors (Lipinski definition) is 3. The van der Waals surface area contributed by atoms with E-state index in [-0.39, 0.29) is 23.9 Å². The molecular formula is C12H23N3O2. The van der Waals surface area contributed by atoms with E-state index in [1.165, 1.54) is 0 Å². The van der Waals surface area contributed by atoms with Crippen LogP contribution in [0.3, 0.4) is 0 Å². The van der Waals surface area contributed by atoms with Gasteiger partial charge in [-0.1, -0.05) is 0 Å². The number of nitrogens with one attached hydrogen (secondary N) is 3. The summed E-state index contributed by atoms with van der Waals surface area (Å²) in [4.78, 5) is 22.9. The van der Waals surface area contributed by atoms with E-state index in [0.29, 0.717) is 19.3 Å². The Balaban J connectivity index is 2.05. The molecule has 1 aliphatic heterocycles. The summed E-state index contributed by atoms with van der Waals surface area (Å²) in [5.41, 5.74) is 0. The molecule has 98 valence electrons. The predicted molar refractivity (Wildman–Crippen MR) is 66.5 cm³/mol. The van der Waals surface area contributed by atoms with E-state index in [1.807, 2.05) is 13.8 Å². The van der Waals surface area contributed by atoms with Crippen molar-refractivity contribution in [3.05, 3.63) is 0 Å². The van der Waals surface area contributed by atoms with Crippen LogP contribution in [-0.2, 0) is 9.59 Å². The highest BCUT2D eigenvalue weighted by molar-refractivity contribution is 5.79. The Labute approximate surface area is 103 Å². The van der Waals surface area contributed by atoms with Crippen molar-refractivity contribution in [2.24, 2.45) is 0 Å². The average Bonchev–Trinajstić information content (AvgIpc) is 2.69. The summed E-state index contributed by atoms with van der Waals surface area (Å²) in [6.45, 7) is 5.69. The topological polar surface area (TPSA) is 70.2 Å². The summed E-state index contributed by atoms with van der Waals surface area (Å²) >= 11 is 0. The molecule has 0 saturated carbocycles. The highest BCUT2D eigenvalue weighted by atomic mass is 16.2. The van der Waals surface area contributed by atoms with E-state index < -0.39 is 0 Å². The van der Waals surface area contributed by atoms with Crippen molar-refractivity contribution in [1.82, 2.24) is 16.0 Å². The molecule has 5 heteroatoms. The van der Waals surface area contributed by atoms with Crippen molar-refractivity contribution in [3.8, 4) is 0 Å². The maximum Gasteiger partial charge on any atom is 0.220 e. The van der Waals surface area contributed by atoms with Gasteiger partial charge in [-0.05, 0) is 33.2 Å². The highest BCUT2D eigenvalue weighted by Gasteiger charge is 2.16. The lowest BCUT2D eigenvalue weighted by Gasteiger charge is -2.11. The molecule has 3 N–H and O–H groups in total. The fourth-order valence-corrected chi connectivity index (χ4v) is 1.88. The standard InChI is InChI=1S/C12H23N3O2/c1-9(2)14-11(16)4-3-5-12(17)15-10-6-7-13-8-10/h9-10,13H,3-8H2,1-2H3,(H,14,16)(H,15,17). The molecule has 1 unspecified atom stereocenters. The van der Waals surface area contributed by atoms with E-state index in [4.69, 9.17) is 0 Å². The van der Waals surface area contributed by atoms with Gasteiger partial charge in [0, 0.05) is 31.5 Å². The predicted octanol–water partition coefficient (Wildman–Crippen LogP) is 0.159. The molecule has 0 aliphatic carbocycles. The number of hydrogen-bond acceptors (Lipinski definition) is 3. The third kappa shape index (κ3) is 6.26. The first kappa shape index (κ1) is 14.0. The van der Waals surface area contributed by atoms with Crippen molar-refractivity contribution in [1.29, 1.82) is 0 Å². The minimum absolute atomic E-state index is 0.0235. The van der Waals surface area contributed by atoms with Crippen LogP contribution in [0.2, 0.25) is 0 Å². The molecule has 0 spiro atoms. The van der Waals surface area contributed by atoms with Gasteiger partial charge in [0.2, 0.25) is 11.8 Å². The van der Waals surface area contributed by atoms with Crippen molar-refractivity contribution in [2.75, 3.05) is 13.1 Å². The van der Waals surface area contributed by atoms with Crippen LogP contribution >= 0.6 is 0 Å². The maximum absolute atomic E-state index is 11.5. The van der Waals surface area contributed by atoms with Crippen LogP contribution < -0.4 is 16.0 Å². The Kier molecular flexibility index (Phi) is 5.97. The number of carbonyl (C=O) groups excluding carboxylic acids is 2. The first-order valence-corrected chi connectivity index (χ1v) is 6.37. The first-order chi connectivity index (χ1) is 8.08. The number of amides is 2.